The molecule has 1 fully saturated rings. The molecule has 0 radical (unpaired) electrons. The fourth-order valence-electron chi connectivity index (χ4n) is 5.68. The van der Waals surface area contributed by atoms with Crippen LogP contribution in [0.15, 0.2) is 78.4 Å². The number of hydrogen-bond donors (Lipinski definition) is 0. The first-order valence-electron chi connectivity index (χ1n) is 13.7. The molecule has 3 aromatic rings. The Morgan fingerprint density at radius 1 is 0.949 bits per heavy atom. The smallest absolute Gasteiger partial charge is 0.341 e. The largest absolute Gasteiger partial charge is 0.465 e. The van der Waals surface area contributed by atoms with E-state index in [1.807, 2.05) is 54.6 Å². The van der Waals surface area contributed by atoms with E-state index in [1.54, 1.807) is 11.6 Å². The Hall–Kier alpha value is -3.28. The van der Waals surface area contributed by atoms with Crippen LogP contribution >= 0.6 is 11.6 Å². The van der Waals surface area contributed by atoms with Crippen LogP contribution < -0.4 is 9.64 Å². The van der Waals surface area contributed by atoms with E-state index in [0.29, 0.717) is 22.5 Å². The fourth-order valence-corrected chi connectivity index (χ4v) is 5.81. The molecule has 2 aliphatic rings. The normalized spacial score (nSPS) is 17.7. The van der Waals surface area contributed by atoms with Gasteiger partial charge in [-0.2, -0.15) is 0 Å². The Balaban J connectivity index is 1.30. The fraction of sp³-hybridized carbons (Fsp3) is 0.364. The molecule has 5 rings (SSSR count). The summed E-state index contributed by atoms with van der Waals surface area (Å²) in [6, 6.07) is 23.6. The average Bonchev–Trinajstić information content (AvgIpc) is 2.94. The Morgan fingerprint density at radius 2 is 1.67 bits per heavy atom. The number of para-hydroxylation sites is 1. The van der Waals surface area contributed by atoms with Crippen LogP contribution in [0.2, 0.25) is 5.02 Å². The molecule has 0 aromatic heterocycles. The highest BCUT2D eigenvalue weighted by Crippen LogP contribution is 2.43. The molecule has 0 spiro atoms. The predicted octanol–water partition coefficient (Wildman–Crippen LogP) is 7.70. The number of hydrogen-bond acceptors (Lipinski definition) is 5. The van der Waals surface area contributed by atoms with Crippen LogP contribution in [0.25, 0.3) is 5.57 Å². The van der Waals surface area contributed by atoms with Crippen molar-refractivity contribution in [2.24, 2.45) is 5.41 Å². The van der Waals surface area contributed by atoms with Gasteiger partial charge in [0, 0.05) is 49.5 Å². The second-order valence-electron chi connectivity index (χ2n) is 11.3. The highest BCUT2D eigenvalue weighted by molar-refractivity contribution is 6.30. The van der Waals surface area contributed by atoms with Gasteiger partial charge in [0.15, 0.2) is 0 Å². The van der Waals surface area contributed by atoms with Crippen molar-refractivity contribution in [3.63, 3.8) is 0 Å². The summed E-state index contributed by atoms with van der Waals surface area (Å²) in [6.07, 6.45) is 3.44. The molecule has 1 aliphatic heterocycles. The van der Waals surface area contributed by atoms with Gasteiger partial charge in [0.1, 0.15) is 17.1 Å². The first-order chi connectivity index (χ1) is 18.8. The number of anilines is 1. The average molecular weight is 545 g/mol. The standard InChI is InChI=1S/C33H37ClN2O3/c1-33(2)16-15-29(24-9-11-26(34)12-10-24)25(22-33)23-35-17-19-36(20-18-35)27-13-14-30(32(37)38-3)31(21-27)39-28-7-5-4-6-8-28/h4-14,21H,15-20,22-23H2,1-3H3. The van der Waals surface area contributed by atoms with Gasteiger partial charge in [-0.05, 0) is 72.2 Å². The van der Waals surface area contributed by atoms with Crippen molar-refractivity contribution in [1.29, 1.82) is 0 Å². The second kappa shape index (κ2) is 11.8. The number of nitrogens with zero attached hydrogens (tertiary/aromatic N) is 2. The number of halogens is 1. The van der Waals surface area contributed by atoms with Gasteiger partial charge in [0.05, 0.1) is 7.11 Å². The number of benzene rings is 3. The summed E-state index contributed by atoms with van der Waals surface area (Å²) in [4.78, 5) is 17.3. The van der Waals surface area contributed by atoms with E-state index in [-0.39, 0.29) is 0 Å². The maximum atomic E-state index is 12.4. The monoisotopic (exact) mass is 544 g/mol. The Kier molecular flexibility index (Phi) is 8.29. The number of allylic oxidation sites excluding steroid dienone is 1. The van der Waals surface area contributed by atoms with E-state index in [4.69, 9.17) is 21.1 Å². The van der Waals surface area contributed by atoms with Gasteiger partial charge in [0.25, 0.3) is 0 Å². The molecule has 0 saturated carbocycles. The summed E-state index contributed by atoms with van der Waals surface area (Å²) in [6.45, 7) is 9.55. The van der Waals surface area contributed by atoms with E-state index in [9.17, 15) is 4.79 Å². The van der Waals surface area contributed by atoms with Crippen molar-refractivity contribution in [3.05, 3.63) is 94.5 Å². The van der Waals surface area contributed by atoms with Gasteiger partial charge in [-0.1, -0.05) is 61.4 Å². The zero-order chi connectivity index (χ0) is 27.4. The number of carbonyl (C=O) groups is 1. The zero-order valence-corrected chi connectivity index (χ0v) is 23.8. The van der Waals surface area contributed by atoms with Gasteiger partial charge in [-0.3, -0.25) is 4.90 Å². The number of carbonyl (C=O) groups excluding carboxylic acids is 1. The molecule has 204 valence electrons. The molecule has 6 heteroatoms. The van der Waals surface area contributed by atoms with Crippen molar-refractivity contribution in [1.82, 2.24) is 4.90 Å². The summed E-state index contributed by atoms with van der Waals surface area (Å²) in [5.41, 5.74) is 6.15. The maximum Gasteiger partial charge on any atom is 0.341 e. The minimum absolute atomic E-state index is 0.323. The molecule has 39 heavy (non-hydrogen) atoms. The highest BCUT2D eigenvalue weighted by Gasteiger charge is 2.29. The van der Waals surface area contributed by atoms with Crippen molar-refractivity contribution in [2.45, 2.75) is 33.1 Å². The Bertz CT molecular complexity index is 1330. The SMILES string of the molecule is COC(=O)c1ccc(N2CCN(CC3=C(c4ccc(Cl)cc4)CCC(C)(C)C3)CC2)cc1Oc1ccccc1. The molecule has 0 atom stereocenters. The van der Waals surface area contributed by atoms with Crippen molar-refractivity contribution < 1.29 is 14.3 Å². The third kappa shape index (κ3) is 6.66. The summed E-state index contributed by atoms with van der Waals surface area (Å²) < 4.78 is 11.1. The Labute approximate surface area is 237 Å². The molecule has 0 N–H and O–H groups in total. The first kappa shape index (κ1) is 27.3. The van der Waals surface area contributed by atoms with Crippen LogP contribution in [-0.2, 0) is 4.74 Å². The number of piperazine rings is 1. The Morgan fingerprint density at radius 3 is 2.36 bits per heavy atom. The van der Waals surface area contributed by atoms with E-state index in [1.165, 1.54) is 24.7 Å². The van der Waals surface area contributed by atoms with Gasteiger partial charge >= 0.3 is 5.97 Å². The number of ether oxygens (including phenoxy) is 2. The van der Waals surface area contributed by atoms with Crippen molar-refractivity contribution >= 4 is 28.8 Å². The lowest BCUT2D eigenvalue weighted by Crippen LogP contribution is -2.47. The summed E-state index contributed by atoms with van der Waals surface area (Å²) in [7, 11) is 1.39. The van der Waals surface area contributed by atoms with Crippen LogP contribution in [0.1, 0.15) is 49.0 Å². The summed E-state index contributed by atoms with van der Waals surface area (Å²) >= 11 is 6.17. The quantitative estimate of drug-likeness (QED) is 0.285. The minimum Gasteiger partial charge on any atom is -0.465 e. The predicted molar refractivity (Wildman–Crippen MR) is 159 cm³/mol. The van der Waals surface area contributed by atoms with Crippen LogP contribution in [0, 0.1) is 5.41 Å². The van der Waals surface area contributed by atoms with E-state index in [2.05, 4.69) is 35.8 Å². The minimum atomic E-state index is -0.405. The third-order valence-corrected chi connectivity index (χ3v) is 8.11. The van der Waals surface area contributed by atoms with Crippen LogP contribution in [0.3, 0.4) is 0 Å². The van der Waals surface area contributed by atoms with Gasteiger partial charge in [-0.25, -0.2) is 4.79 Å². The topological polar surface area (TPSA) is 42.0 Å². The third-order valence-electron chi connectivity index (χ3n) is 7.86. The zero-order valence-electron chi connectivity index (χ0n) is 23.1. The summed E-state index contributed by atoms with van der Waals surface area (Å²) in [5, 5.41) is 0.783. The summed E-state index contributed by atoms with van der Waals surface area (Å²) in [5.74, 6) is 0.789. The van der Waals surface area contributed by atoms with Crippen LogP contribution in [0.5, 0.6) is 11.5 Å². The number of esters is 1. The number of rotatable bonds is 7. The molecule has 1 heterocycles. The number of methoxy groups -OCH3 is 1. The van der Waals surface area contributed by atoms with Gasteiger partial charge in [0.2, 0.25) is 0 Å². The van der Waals surface area contributed by atoms with Crippen LogP contribution in [0.4, 0.5) is 5.69 Å². The van der Waals surface area contributed by atoms with Gasteiger partial charge < -0.3 is 14.4 Å². The molecular formula is C33H37ClN2O3. The lowest BCUT2D eigenvalue weighted by atomic mass is 9.73. The maximum absolute atomic E-state index is 12.4. The molecule has 1 saturated heterocycles. The van der Waals surface area contributed by atoms with Gasteiger partial charge in [-0.15, -0.1) is 0 Å². The molecule has 0 unspecified atom stereocenters. The molecule has 1 aliphatic carbocycles. The van der Waals surface area contributed by atoms with E-state index in [0.717, 1.165) is 56.3 Å². The van der Waals surface area contributed by atoms with E-state index < -0.39 is 5.97 Å². The highest BCUT2D eigenvalue weighted by atomic mass is 35.5. The molecule has 5 nitrogen and oxygen atoms in total. The molecular weight excluding hydrogens is 508 g/mol. The lowest BCUT2D eigenvalue weighted by Gasteiger charge is -2.39. The molecule has 0 bridgehead atoms. The second-order valence-corrected chi connectivity index (χ2v) is 11.7. The van der Waals surface area contributed by atoms with Crippen molar-refractivity contribution in [3.8, 4) is 11.5 Å². The molecule has 0 amide bonds. The lowest BCUT2D eigenvalue weighted by molar-refractivity contribution is 0.0598. The molecule has 3 aromatic carbocycles. The van der Waals surface area contributed by atoms with Crippen molar-refractivity contribution in [2.75, 3.05) is 44.7 Å². The van der Waals surface area contributed by atoms with Crippen LogP contribution in [-0.4, -0.2) is 50.7 Å². The van der Waals surface area contributed by atoms with E-state index >= 15 is 0 Å². The first-order valence-corrected chi connectivity index (χ1v) is 14.1.